The summed E-state index contributed by atoms with van der Waals surface area (Å²) in [6, 6.07) is -2.31. The molecule has 0 aromatic heterocycles. The maximum atomic E-state index is 12.3. The molecular formula is C15H22ClN3O9. The van der Waals surface area contributed by atoms with Crippen molar-refractivity contribution in [2.45, 2.75) is 58.3 Å². The number of carbonyl (C=O) groups excluding carboxylic acids is 4. The van der Waals surface area contributed by atoms with E-state index in [2.05, 4.69) is 10.6 Å². The second kappa shape index (κ2) is 10.8. The van der Waals surface area contributed by atoms with Crippen LogP contribution in [0.4, 0.5) is 4.79 Å². The van der Waals surface area contributed by atoms with Gasteiger partial charge in [0.2, 0.25) is 6.29 Å². The van der Waals surface area contributed by atoms with Gasteiger partial charge in [-0.3, -0.25) is 14.4 Å². The van der Waals surface area contributed by atoms with Gasteiger partial charge in [0.1, 0.15) is 6.04 Å². The lowest BCUT2D eigenvalue weighted by atomic mass is 9.97. The van der Waals surface area contributed by atoms with E-state index in [9.17, 15) is 24.1 Å². The molecule has 1 heterocycles. The number of hydrogen-bond acceptors (Lipinski definition) is 10. The third-order valence-corrected chi connectivity index (χ3v) is 3.76. The number of rotatable bonds is 7. The second-order valence-corrected chi connectivity index (χ2v) is 6.21. The molecule has 5 atom stereocenters. The third-order valence-electron chi connectivity index (χ3n) is 3.59. The van der Waals surface area contributed by atoms with Crippen molar-refractivity contribution in [3.63, 3.8) is 0 Å². The summed E-state index contributed by atoms with van der Waals surface area (Å²) in [5.74, 6) is -2.25. The van der Waals surface area contributed by atoms with E-state index in [0.29, 0.717) is 5.01 Å². The fourth-order valence-corrected chi connectivity index (χ4v) is 2.74. The lowest BCUT2D eigenvalue weighted by molar-refractivity contribution is -0.260. The van der Waals surface area contributed by atoms with Crippen LogP contribution in [0.5, 0.6) is 0 Å². The van der Waals surface area contributed by atoms with Crippen molar-refractivity contribution in [2.24, 2.45) is 5.29 Å². The molecular weight excluding hydrogens is 402 g/mol. The van der Waals surface area contributed by atoms with Crippen LogP contribution in [0, 0.1) is 4.91 Å². The Kier molecular flexibility index (Phi) is 9.06. The third kappa shape index (κ3) is 6.60. The van der Waals surface area contributed by atoms with Gasteiger partial charge >= 0.3 is 23.9 Å². The van der Waals surface area contributed by atoms with E-state index in [0.717, 1.165) is 20.8 Å². The van der Waals surface area contributed by atoms with E-state index in [1.807, 2.05) is 0 Å². The highest BCUT2D eigenvalue weighted by molar-refractivity contribution is 6.18. The van der Waals surface area contributed by atoms with Gasteiger partial charge in [0.25, 0.3) is 0 Å². The highest BCUT2D eigenvalue weighted by atomic mass is 35.5. The number of hydrogen-bond donors (Lipinski definition) is 1. The Hall–Kier alpha value is -2.47. The molecule has 0 aromatic carbocycles. The summed E-state index contributed by atoms with van der Waals surface area (Å²) in [5, 5.41) is 5.38. The number of amides is 2. The number of alkyl halides is 1. The Bertz CT molecular complexity index is 618. The molecule has 0 spiro atoms. The van der Waals surface area contributed by atoms with Gasteiger partial charge in [-0.05, 0) is 6.92 Å². The Labute approximate surface area is 165 Å². The van der Waals surface area contributed by atoms with Crippen molar-refractivity contribution in [1.82, 2.24) is 10.3 Å². The Morgan fingerprint density at radius 1 is 1.04 bits per heavy atom. The quantitative estimate of drug-likeness (QED) is 0.202. The van der Waals surface area contributed by atoms with Crippen LogP contribution in [-0.2, 0) is 33.3 Å². The molecule has 0 radical (unpaired) electrons. The summed E-state index contributed by atoms with van der Waals surface area (Å²) in [5.41, 5.74) is 0. The number of esters is 3. The van der Waals surface area contributed by atoms with E-state index in [1.54, 1.807) is 0 Å². The molecule has 0 bridgehead atoms. The number of ether oxygens (including phenoxy) is 4. The number of carbonyl (C=O) groups is 4. The van der Waals surface area contributed by atoms with Gasteiger partial charge in [-0.1, -0.05) is 0 Å². The summed E-state index contributed by atoms with van der Waals surface area (Å²) in [6.45, 7) is 4.66. The van der Waals surface area contributed by atoms with Gasteiger partial charge in [0.15, 0.2) is 12.2 Å². The van der Waals surface area contributed by atoms with Crippen molar-refractivity contribution in [1.29, 1.82) is 0 Å². The maximum Gasteiger partial charge on any atom is 0.341 e. The molecule has 13 heteroatoms. The van der Waals surface area contributed by atoms with E-state index in [4.69, 9.17) is 30.5 Å². The van der Waals surface area contributed by atoms with Gasteiger partial charge in [-0.25, -0.2) is 4.79 Å². The van der Waals surface area contributed by atoms with E-state index in [1.165, 1.54) is 6.92 Å². The van der Waals surface area contributed by atoms with Crippen LogP contribution in [-0.4, -0.2) is 72.0 Å². The first kappa shape index (κ1) is 23.6. The van der Waals surface area contributed by atoms with E-state index in [-0.39, 0.29) is 12.4 Å². The molecule has 28 heavy (non-hydrogen) atoms. The SMILES string of the molecule is CC(=O)OC1O[C@H](C)[C@@H](OC(C)=O)[C@H](OC(C)=O)[C@H]1NC(=O)N(CCCl)N=O. The molecule has 158 valence electrons. The first-order valence-corrected chi connectivity index (χ1v) is 8.78. The lowest BCUT2D eigenvalue weighted by Gasteiger charge is -2.43. The van der Waals surface area contributed by atoms with Crippen LogP contribution in [0.25, 0.3) is 0 Å². The number of nitroso groups, excluding NO2 is 1. The largest absolute Gasteiger partial charge is 0.456 e. The molecule has 0 aromatic rings. The Balaban J connectivity index is 3.24. The summed E-state index contributed by atoms with van der Waals surface area (Å²) in [7, 11) is 0. The van der Waals surface area contributed by atoms with Crippen LogP contribution >= 0.6 is 11.6 Å². The minimum absolute atomic E-state index is 0.0752. The molecule has 1 aliphatic rings. The van der Waals surface area contributed by atoms with E-state index < -0.39 is 54.6 Å². The highest BCUT2D eigenvalue weighted by Crippen LogP contribution is 2.27. The van der Waals surface area contributed by atoms with Gasteiger partial charge in [-0.15, -0.1) is 16.5 Å². The zero-order valence-corrected chi connectivity index (χ0v) is 16.5. The Morgan fingerprint density at radius 3 is 2.04 bits per heavy atom. The predicted octanol–water partition coefficient (Wildman–Crippen LogP) is 0.458. The maximum absolute atomic E-state index is 12.3. The average Bonchev–Trinajstić information content (AvgIpc) is 2.57. The zero-order valence-electron chi connectivity index (χ0n) is 15.7. The molecule has 2 amide bonds. The summed E-state index contributed by atoms with van der Waals surface area (Å²) < 4.78 is 21.0. The zero-order chi connectivity index (χ0) is 21.4. The van der Waals surface area contributed by atoms with Crippen LogP contribution in [0.15, 0.2) is 5.29 Å². The van der Waals surface area contributed by atoms with Crippen LogP contribution in [0.3, 0.4) is 0 Å². The van der Waals surface area contributed by atoms with Crippen molar-refractivity contribution >= 4 is 35.5 Å². The molecule has 0 aliphatic carbocycles. The van der Waals surface area contributed by atoms with Crippen LogP contribution in [0.2, 0.25) is 0 Å². The standard InChI is InChI=1S/C15H22ClN3O9/c1-7-12(26-8(2)20)13(27-9(3)21)11(14(25-7)28-10(4)22)17-15(23)19(18-24)6-5-16/h7,11-14H,5-6H2,1-4H3,(H,17,23)/t7-,11-,12-,13-,14?/m1/s1. The average molecular weight is 424 g/mol. The lowest BCUT2D eigenvalue weighted by Crippen LogP contribution is -2.66. The van der Waals surface area contributed by atoms with Gasteiger partial charge in [-0.2, -0.15) is 5.01 Å². The van der Waals surface area contributed by atoms with Gasteiger partial charge < -0.3 is 24.3 Å². The second-order valence-electron chi connectivity index (χ2n) is 5.84. The van der Waals surface area contributed by atoms with Gasteiger partial charge in [0, 0.05) is 26.7 Å². The summed E-state index contributed by atoms with van der Waals surface area (Å²) in [4.78, 5) is 57.6. The number of nitrogens with one attached hydrogen (secondary N) is 1. The monoisotopic (exact) mass is 423 g/mol. The number of urea groups is 1. The topological polar surface area (TPSA) is 150 Å². The van der Waals surface area contributed by atoms with Crippen LogP contribution < -0.4 is 5.32 Å². The number of nitrogens with zero attached hydrogens (tertiary/aromatic N) is 2. The first-order valence-electron chi connectivity index (χ1n) is 8.25. The normalized spacial score (nSPS) is 26.5. The molecule has 1 unspecified atom stereocenters. The fraction of sp³-hybridized carbons (Fsp3) is 0.733. The molecule has 1 rings (SSSR count). The molecule has 12 nitrogen and oxygen atoms in total. The highest BCUT2D eigenvalue weighted by Gasteiger charge is 2.50. The minimum Gasteiger partial charge on any atom is -0.456 e. The van der Waals surface area contributed by atoms with Crippen molar-refractivity contribution < 1.29 is 38.1 Å². The van der Waals surface area contributed by atoms with Crippen molar-refractivity contribution in [3.05, 3.63) is 4.91 Å². The molecule has 0 saturated carbocycles. The first-order chi connectivity index (χ1) is 13.1. The van der Waals surface area contributed by atoms with E-state index >= 15 is 0 Å². The molecule has 1 aliphatic heterocycles. The molecule has 1 fully saturated rings. The Morgan fingerprint density at radius 2 is 1.57 bits per heavy atom. The smallest absolute Gasteiger partial charge is 0.341 e. The molecule has 1 N–H and O–H groups in total. The molecule has 1 saturated heterocycles. The fourth-order valence-electron chi connectivity index (χ4n) is 2.58. The minimum atomic E-state index is -1.39. The van der Waals surface area contributed by atoms with Crippen LogP contribution in [0.1, 0.15) is 27.7 Å². The van der Waals surface area contributed by atoms with Crippen molar-refractivity contribution in [3.8, 4) is 0 Å². The number of halogens is 1. The predicted molar refractivity (Wildman–Crippen MR) is 92.7 cm³/mol. The van der Waals surface area contributed by atoms with Gasteiger partial charge in [0.05, 0.1) is 17.9 Å². The summed E-state index contributed by atoms with van der Waals surface area (Å²) >= 11 is 5.52. The van der Waals surface area contributed by atoms with Crippen molar-refractivity contribution in [2.75, 3.05) is 12.4 Å². The summed E-state index contributed by atoms with van der Waals surface area (Å²) in [6.07, 6.45) is -4.64.